The molecule has 0 heterocycles. The van der Waals surface area contributed by atoms with Crippen molar-refractivity contribution in [1.82, 2.24) is 0 Å². The van der Waals surface area contributed by atoms with Crippen molar-refractivity contribution in [2.45, 2.75) is 0 Å². The molecule has 0 radical (unpaired) electrons. The Balaban J connectivity index is 2.45. The first-order valence-electron chi connectivity index (χ1n) is 5.83. The van der Waals surface area contributed by atoms with E-state index in [1.54, 1.807) is 6.07 Å². The Kier molecular flexibility index (Phi) is 3.09. The highest BCUT2D eigenvalue weighted by molar-refractivity contribution is 6.38. The van der Waals surface area contributed by atoms with Crippen molar-refractivity contribution in [2.24, 2.45) is 0 Å². The van der Waals surface area contributed by atoms with Crippen LogP contribution in [0.1, 0.15) is 0 Å². The molecule has 3 aromatic carbocycles. The monoisotopic (exact) mass is 288 g/mol. The molecule has 0 spiro atoms. The summed E-state index contributed by atoms with van der Waals surface area (Å²) < 4.78 is 0. The maximum Gasteiger partial charge on any atom is 0.124 e. The Morgan fingerprint density at radius 1 is 0.737 bits per heavy atom. The summed E-state index contributed by atoms with van der Waals surface area (Å²) in [5, 5.41) is 12.8. The molecule has 0 aromatic heterocycles. The van der Waals surface area contributed by atoms with Crippen LogP contribution < -0.4 is 0 Å². The number of halogens is 2. The van der Waals surface area contributed by atoms with Gasteiger partial charge in [-0.2, -0.15) is 0 Å². The number of fused-ring (bicyclic) bond motifs is 1. The predicted molar refractivity (Wildman–Crippen MR) is 81.1 cm³/mol. The molecule has 3 heteroatoms. The van der Waals surface area contributed by atoms with Crippen molar-refractivity contribution in [2.75, 3.05) is 0 Å². The van der Waals surface area contributed by atoms with Crippen LogP contribution in [0.2, 0.25) is 10.0 Å². The van der Waals surface area contributed by atoms with Gasteiger partial charge < -0.3 is 5.11 Å². The summed E-state index contributed by atoms with van der Waals surface area (Å²) in [5.41, 5.74) is 1.71. The van der Waals surface area contributed by atoms with Gasteiger partial charge >= 0.3 is 0 Å². The summed E-state index contributed by atoms with van der Waals surface area (Å²) in [6.07, 6.45) is 0. The molecule has 0 aliphatic heterocycles. The largest absolute Gasteiger partial charge is 0.507 e. The lowest BCUT2D eigenvalue weighted by Gasteiger charge is -2.12. The summed E-state index contributed by atoms with van der Waals surface area (Å²) in [4.78, 5) is 0. The zero-order valence-corrected chi connectivity index (χ0v) is 11.4. The summed E-state index contributed by atoms with van der Waals surface area (Å²) in [5.74, 6) is 0.177. The van der Waals surface area contributed by atoms with Gasteiger partial charge in [0.25, 0.3) is 0 Å². The highest BCUT2D eigenvalue weighted by Gasteiger charge is 2.13. The van der Waals surface area contributed by atoms with Crippen LogP contribution in [0.15, 0.2) is 54.6 Å². The zero-order chi connectivity index (χ0) is 13.4. The van der Waals surface area contributed by atoms with Crippen molar-refractivity contribution >= 4 is 34.0 Å². The average molecular weight is 289 g/mol. The molecule has 0 aliphatic carbocycles. The lowest BCUT2D eigenvalue weighted by atomic mass is 9.97. The minimum Gasteiger partial charge on any atom is -0.507 e. The molecule has 3 aromatic rings. The summed E-state index contributed by atoms with van der Waals surface area (Å²) >= 11 is 12.5. The van der Waals surface area contributed by atoms with Gasteiger partial charge in [-0.1, -0.05) is 65.7 Å². The number of rotatable bonds is 1. The van der Waals surface area contributed by atoms with Gasteiger partial charge in [0.2, 0.25) is 0 Å². The van der Waals surface area contributed by atoms with Gasteiger partial charge in [-0.05, 0) is 17.5 Å². The van der Waals surface area contributed by atoms with Gasteiger partial charge in [0.1, 0.15) is 5.75 Å². The van der Waals surface area contributed by atoms with E-state index in [0.717, 1.165) is 21.9 Å². The van der Waals surface area contributed by atoms with Crippen LogP contribution in [0.5, 0.6) is 5.75 Å². The average Bonchev–Trinajstić information content (AvgIpc) is 2.41. The summed E-state index contributed by atoms with van der Waals surface area (Å²) in [6, 6.07) is 16.7. The first-order valence-corrected chi connectivity index (χ1v) is 6.59. The first kappa shape index (κ1) is 12.3. The molecule has 1 N–H and O–H groups in total. The van der Waals surface area contributed by atoms with E-state index < -0.39 is 0 Å². The minimum absolute atomic E-state index is 0.177. The van der Waals surface area contributed by atoms with E-state index in [0.29, 0.717) is 10.0 Å². The smallest absolute Gasteiger partial charge is 0.124 e. The second-order valence-corrected chi connectivity index (χ2v) is 5.09. The van der Waals surface area contributed by atoms with Crippen molar-refractivity contribution in [3.63, 3.8) is 0 Å². The normalized spacial score (nSPS) is 10.8. The van der Waals surface area contributed by atoms with Crippen LogP contribution in [-0.2, 0) is 0 Å². The van der Waals surface area contributed by atoms with Gasteiger partial charge in [0.05, 0.1) is 5.02 Å². The number of benzene rings is 3. The van der Waals surface area contributed by atoms with Crippen LogP contribution in [-0.4, -0.2) is 5.11 Å². The van der Waals surface area contributed by atoms with Gasteiger partial charge in [-0.15, -0.1) is 0 Å². The molecule has 19 heavy (non-hydrogen) atoms. The fraction of sp³-hybridized carbons (Fsp3) is 0. The van der Waals surface area contributed by atoms with Crippen LogP contribution in [0.3, 0.4) is 0 Å². The Bertz CT molecular complexity index is 766. The highest BCUT2D eigenvalue weighted by atomic mass is 35.5. The van der Waals surface area contributed by atoms with Crippen LogP contribution in [0.4, 0.5) is 0 Å². The molecule has 3 rings (SSSR count). The number of hydrogen-bond donors (Lipinski definition) is 1. The second-order valence-electron chi connectivity index (χ2n) is 4.28. The lowest BCUT2D eigenvalue weighted by Crippen LogP contribution is -1.85. The third kappa shape index (κ3) is 2.05. The Morgan fingerprint density at radius 3 is 2.11 bits per heavy atom. The van der Waals surface area contributed by atoms with Gasteiger partial charge in [-0.3, -0.25) is 0 Å². The van der Waals surface area contributed by atoms with E-state index in [1.165, 1.54) is 0 Å². The van der Waals surface area contributed by atoms with Crippen LogP contribution in [0.25, 0.3) is 21.9 Å². The third-order valence-corrected chi connectivity index (χ3v) is 3.75. The number of hydrogen-bond acceptors (Lipinski definition) is 1. The van der Waals surface area contributed by atoms with Gasteiger partial charge in [0.15, 0.2) is 0 Å². The Morgan fingerprint density at radius 2 is 1.37 bits per heavy atom. The van der Waals surface area contributed by atoms with E-state index in [-0.39, 0.29) is 5.75 Å². The van der Waals surface area contributed by atoms with Crippen molar-refractivity contribution in [3.8, 4) is 16.9 Å². The molecular weight excluding hydrogens is 279 g/mol. The van der Waals surface area contributed by atoms with Gasteiger partial charge in [-0.25, -0.2) is 0 Å². The minimum atomic E-state index is 0.177. The van der Waals surface area contributed by atoms with Crippen molar-refractivity contribution in [1.29, 1.82) is 0 Å². The van der Waals surface area contributed by atoms with E-state index in [1.807, 2.05) is 48.5 Å². The summed E-state index contributed by atoms with van der Waals surface area (Å²) in [6.45, 7) is 0. The molecule has 94 valence electrons. The highest BCUT2D eigenvalue weighted by Crippen LogP contribution is 2.41. The maximum absolute atomic E-state index is 9.98. The fourth-order valence-electron chi connectivity index (χ4n) is 2.26. The van der Waals surface area contributed by atoms with E-state index >= 15 is 0 Å². The van der Waals surface area contributed by atoms with Crippen LogP contribution >= 0.6 is 23.2 Å². The molecule has 0 atom stereocenters. The molecule has 0 fully saturated rings. The molecule has 0 bridgehead atoms. The second kappa shape index (κ2) is 4.76. The number of aromatic hydroxyl groups is 1. The van der Waals surface area contributed by atoms with E-state index in [9.17, 15) is 5.11 Å². The third-order valence-electron chi connectivity index (χ3n) is 3.12. The lowest BCUT2D eigenvalue weighted by molar-refractivity contribution is 0.482. The maximum atomic E-state index is 9.98. The number of phenolic OH excluding ortho intramolecular Hbond substituents is 1. The zero-order valence-electron chi connectivity index (χ0n) is 9.90. The SMILES string of the molecule is Oc1cc(Cl)c(-c2ccccc2Cl)c2ccccc12. The van der Waals surface area contributed by atoms with E-state index in [4.69, 9.17) is 23.2 Å². The van der Waals surface area contributed by atoms with Crippen molar-refractivity contribution in [3.05, 3.63) is 64.6 Å². The quantitative estimate of drug-likeness (QED) is 0.625. The molecule has 0 unspecified atom stereocenters. The topological polar surface area (TPSA) is 20.2 Å². The molecule has 1 nitrogen and oxygen atoms in total. The van der Waals surface area contributed by atoms with Crippen molar-refractivity contribution < 1.29 is 5.11 Å². The van der Waals surface area contributed by atoms with E-state index in [2.05, 4.69) is 0 Å². The van der Waals surface area contributed by atoms with Crippen LogP contribution in [0, 0.1) is 0 Å². The van der Waals surface area contributed by atoms with Gasteiger partial charge in [0, 0.05) is 21.5 Å². The molecular formula is C16H10Cl2O. The standard InChI is InChI=1S/C16H10Cl2O/c17-13-8-4-3-7-12(13)16-11-6-2-1-5-10(11)15(19)9-14(16)18/h1-9,19H. The summed E-state index contributed by atoms with van der Waals surface area (Å²) in [7, 11) is 0. The predicted octanol–water partition coefficient (Wildman–Crippen LogP) is 5.52. The molecule has 0 amide bonds. The number of phenols is 1. The first-order chi connectivity index (χ1) is 9.18. The fourth-order valence-corrected chi connectivity index (χ4v) is 2.80. The Labute approximate surface area is 121 Å². The molecule has 0 aliphatic rings. The molecule has 0 saturated heterocycles. The Hall–Kier alpha value is -1.70. The molecule has 0 saturated carbocycles.